The van der Waals surface area contributed by atoms with Crippen molar-refractivity contribution < 1.29 is 4.79 Å². The Morgan fingerprint density at radius 2 is 1.93 bits per heavy atom. The second-order valence-corrected chi connectivity index (χ2v) is 7.72. The summed E-state index contributed by atoms with van der Waals surface area (Å²) >= 11 is 6.19. The van der Waals surface area contributed by atoms with E-state index in [9.17, 15) is 4.79 Å². The van der Waals surface area contributed by atoms with Crippen molar-refractivity contribution in [1.29, 1.82) is 0 Å². The molecule has 136 valence electrons. The molecule has 2 aromatic heterocycles. The lowest BCUT2D eigenvalue weighted by molar-refractivity contribution is -0.131. The first-order chi connectivity index (χ1) is 13.1. The first kappa shape index (κ1) is 16.5. The number of hydrogen-bond donors (Lipinski definition) is 2. The fourth-order valence-electron chi connectivity index (χ4n) is 4.22. The van der Waals surface area contributed by atoms with E-state index in [-0.39, 0.29) is 5.91 Å². The molecular formula is C22H20ClN3O. The van der Waals surface area contributed by atoms with Gasteiger partial charge in [-0.25, -0.2) is 0 Å². The third kappa shape index (κ3) is 2.72. The van der Waals surface area contributed by atoms with Crippen LogP contribution in [0.25, 0.3) is 21.8 Å². The van der Waals surface area contributed by atoms with Crippen molar-refractivity contribution in [3.05, 3.63) is 70.0 Å². The highest BCUT2D eigenvalue weighted by molar-refractivity contribution is 6.31. The highest BCUT2D eigenvalue weighted by Crippen LogP contribution is 2.30. The summed E-state index contributed by atoms with van der Waals surface area (Å²) in [6, 6.07) is 14.1. The average Bonchev–Trinajstić information content (AvgIpc) is 3.18. The number of amides is 1. The van der Waals surface area contributed by atoms with E-state index in [1.807, 2.05) is 42.2 Å². The number of nitrogens with zero attached hydrogens (tertiary/aromatic N) is 1. The molecule has 0 fully saturated rings. The van der Waals surface area contributed by atoms with Crippen LogP contribution in [-0.2, 0) is 24.2 Å². The summed E-state index contributed by atoms with van der Waals surface area (Å²) in [5.41, 5.74) is 6.77. The number of aromatic amines is 2. The van der Waals surface area contributed by atoms with Gasteiger partial charge in [0, 0.05) is 63.3 Å². The van der Waals surface area contributed by atoms with Crippen molar-refractivity contribution in [1.82, 2.24) is 14.9 Å². The normalized spacial score (nSPS) is 14.1. The molecule has 4 nitrogen and oxygen atoms in total. The van der Waals surface area contributed by atoms with E-state index < -0.39 is 0 Å². The van der Waals surface area contributed by atoms with Gasteiger partial charge in [0.1, 0.15) is 0 Å². The van der Waals surface area contributed by atoms with Gasteiger partial charge in [-0.2, -0.15) is 0 Å². The second kappa shape index (κ2) is 6.17. The minimum atomic E-state index is 0.171. The maximum atomic E-state index is 13.1. The van der Waals surface area contributed by atoms with Crippen LogP contribution in [0.2, 0.25) is 5.02 Å². The SMILES string of the molecule is Cc1[nH]c2ccccc2c1CC(=O)N1CCc2[nH]c3ccc(Cl)cc3c2C1. The van der Waals surface area contributed by atoms with E-state index in [0.29, 0.717) is 13.0 Å². The summed E-state index contributed by atoms with van der Waals surface area (Å²) in [6.07, 6.45) is 1.27. The number of aromatic nitrogens is 2. The zero-order chi connectivity index (χ0) is 18.5. The highest BCUT2D eigenvalue weighted by Gasteiger charge is 2.25. The standard InChI is InChI=1S/C22H20ClN3O/c1-13-16(15-4-2-3-5-19(15)24-13)11-22(27)26-9-8-21-18(12-26)17-10-14(23)6-7-20(17)25-21/h2-7,10,24-25H,8-9,11-12H2,1H3. The van der Waals surface area contributed by atoms with E-state index in [2.05, 4.69) is 22.1 Å². The molecule has 0 atom stereocenters. The average molecular weight is 378 g/mol. The van der Waals surface area contributed by atoms with Gasteiger partial charge in [-0.05, 0) is 36.8 Å². The molecule has 27 heavy (non-hydrogen) atoms. The van der Waals surface area contributed by atoms with Crippen LogP contribution in [0.3, 0.4) is 0 Å². The molecule has 0 bridgehead atoms. The summed E-state index contributed by atoms with van der Waals surface area (Å²) in [4.78, 5) is 21.9. The maximum absolute atomic E-state index is 13.1. The zero-order valence-electron chi connectivity index (χ0n) is 15.1. The third-order valence-corrected chi connectivity index (χ3v) is 5.88. The minimum absolute atomic E-state index is 0.171. The molecule has 0 unspecified atom stereocenters. The van der Waals surface area contributed by atoms with Crippen LogP contribution in [0.5, 0.6) is 0 Å². The number of hydrogen-bond acceptors (Lipinski definition) is 1. The fraction of sp³-hybridized carbons (Fsp3) is 0.227. The number of rotatable bonds is 2. The summed E-state index contributed by atoms with van der Waals surface area (Å²) in [6.45, 7) is 3.42. The third-order valence-electron chi connectivity index (χ3n) is 5.64. The van der Waals surface area contributed by atoms with Gasteiger partial charge in [-0.15, -0.1) is 0 Å². The lowest BCUT2D eigenvalue weighted by Gasteiger charge is -2.27. The second-order valence-electron chi connectivity index (χ2n) is 7.29. The number of fused-ring (bicyclic) bond motifs is 4. The first-order valence-corrected chi connectivity index (χ1v) is 9.61. The van der Waals surface area contributed by atoms with E-state index >= 15 is 0 Å². The molecule has 4 aromatic rings. The summed E-state index contributed by atoms with van der Waals surface area (Å²) in [5.74, 6) is 0.171. The quantitative estimate of drug-likeness (QED) is 0.521. The van der Waals surface area contributed by atoms with Crippen molar-refractivity contribution in [2.45, 2.75) is 26.3 Å². The molecule has 0 radical (unpaired) electrons. The lowest BCUT2D eigenvalue weighted by Crippen LogP contribution is -2.36. The molecule has 1 aliphatic heterocycles. The number of benzene rings is 2. The molecule has 5 rings (SSSR count). The number of H-pyrrole nitrogens is 2. The van der Waals surface area contributed by atoms with Crippen LogP contribution in [0.15, 0.2) is 42.5 Å². The minimum Gasteiger partial charge on any atom is -0.358 e. The maximum Gasteiger partial charge on any atom is 0.227 e. The molecule has 0 saturated heterocycles. The Morgan fingerprint density at radius 1 is 1.11 bits per heavy atom. The Bertz CT molecular complexity index is 1190. The van der Waals surface area contributed by atoms with E-state index in [0.717, 1.165) is 51.1 Å². The molecular weight excluding hydrogens is 358 g/mol. The Hall–Kier alpha value is -2.72. The molecule has 0 spiro atoms. The van der Waals surface area contributed by atoms with Gasteiger partial charge in [-0.1, -0.05) is 29.8 Å². The van der Waals surface area contributed by atoms with Crippen LogP contribution >= 0.6 is 11.6 Å². The topological polar surface area (TPSA) is 51.9 Å². The number of carbonyl (C=O) groups excluding carboxylic acids is 1. The van der Waals surface area contributed by atoms with Gasteiger partial charge in [0.05, 0.1) is 6.42 Å². The van der Waals surface area contributed by atoms with Crippen molar-refractivity contribution in [3.8, 4) is 0 Å². The lowest BCUT2D eigenvalue weighted by atomic mass is 10.0. The van der Waals surface area contributed by atoms with Crippen LogP contribution in [-0.4, -0.2) is 27.3 Å². The van der Waals surface area contributed by atoms with E-state index in [4.69, 9.17) is 11.6 Å². The summed E-state index contributed by atoms with van der Waals surface area (Å²) in [5, 5.41) is 2.99. The van der Waals surface area contributed by atoms with Crippen LogP contribution in [0, 0.1) is 6.92 Å². The van der Waals surface area contributed by atoms with Crippen molar-refractivity contribution in [3.63, 3.8) is 0 Å². The van der Waals surface area contributed by atoms with Crippen LogP contribution in [0.4, 0.5) is 0 Å². The molecule has 1 aliphatic rings. The van der Waals surface area contributed by atoms with Gasteiger partial charge in [-0.3, -0.25) is 4.79 Å². The van der Waals surface area contributed by atoms with Gasteiger partial charge in [0.15, 0.2) is 0 Å². The predicted octanol–water partition coefficient (Wildman–Crippen LogP) is 4.74. The summed E-state index contributed by atoms with van der Waals surface area (Å²) < 4.78 is 0. The van der Waals surface area contributed by atoms with Crippen molar-refractivity contribution >= 4 is 39.3 Å². The number of aryl methyl sites for hydroxylation is 1. The molecule has 3 heterocycles. The molecule has 0 saturated carbocycles. The van der Waals surface area contributed by atoms with Crippen LogP contribution in [0.1, 0.15) is 22.5 Å². The van der Waals surface area contributed by atoms with Gasteiger partial charge >= 0.3 is 0 Å². The van der Waals surface area contributed by atoms with Gasteiger partial charge in [0.25, 0.3) is 0 Å². The smallest absolute Gasteiger partial charge is 0.227 e. The summed E-state index contributed by atoms with van der Waals surface area (Å²) in [7, 11) is 0. The Balaban J connectivity index is 1.44. The fourth-order valence-corrected chi connectivity index (χ4v) is 4.40. The highest BCUT2D eigenvalue weighted by atomic mass is 35.5. The van der Waals surface area contributed by atoms with Crippen molar-refractivity contribution in [2.24, 2.45) is 0 Å². The molecule has 0 aliphatic carbocycles. The van der Waals surface area contributed by atoms with Crippen molar-refractivity contribution in [2.75, 3.05) is 6.54 Å². The zero-order valence-corrected chi connectivity index (χ0v) is 15.9. The number of carbonyl (C=O) groups is 1. The molecule has 5 heteroatoms. The Morgan fingerprint density at radius 3 is 2.81 bits per heavy atom. The van der Waals surface area contributed by atoms with Gasteiger partial charge < -0.3 is 14.9 Å². The predicted molar refractivity (Wildman–Crippen MR) is 109 cm³/mol. The number of nitrogens with one attached hydrogen (secondary N) is 2. The largest absolute Gasteiger partial charge is 0.358 e. The van der Waals surface area contributed by atoms with Crippen LogP contribution < -0.4 is 0 Å². The first-order valence-electron chi connectivity index (χ1n) is 9.23. The van der Waals surface area contributed by atoms with E-state index in [1.54, 1.807) is 0 Å². The molecule has 1 amide bonds. The monoisotopic (exact) mass is 377 g/mol. The van der Waals surface area contributed by atoms with E-state index in [1.165, 1.54) is 11.3 Å². The Kier molecular flexibility index (Phi) is 3.76. The number of halogens is 1. The Labute approximate surface area is 162 Å². The van der Waals surface area contributed by atoms with Gasteiger partial charge in [0.2, 0.25) is 5.91 Å². The number of para-hydroxylation sites is 1. The molecule has 2 aromatic carbocycles. The molecule has 2 N–H and O–H groups in total.